The SMILES string of the molecule is COC(=O)NC(C(=O)N1CCC[C@H]1c1ncc(-c2ccc(C#Cc3ccc(-c4cnc([C@@H]5CN(S(=O)(=O)N(C)C)CCN5C(=O)[C@@H](NC(=O)OC)C(C)C)[nH]4)cc3)cc2)[nH]1)C(C)C. The number of carbonyl (C=O) groups is 4. The molecule has 2 aromatic carbocycles. The molecule has 18 nitrogen and oxygen atoms in total. The topological polar surface area (TPSA) is 215 Å². The third-order valence-electron chi connectivity index (χ3n) is 11.3. The third-order valence-corrected chi connectivity index (χ3v) is 13.2. The molecule has 0 saturated carbocycles. The number of amides is 4. The first-order chi connectivity index (χ1) is 30.0. The van der Waals surface area contributed by atoms with Gasteiger partial charge in [0.2, 0.25) is 11.8 Å². The number of rotatable bonds is 12. The summed E-state index contributed by atoms with van der Waals surface area (Å²) in [5.41, 5.74) is 4.79. The molecule has 0 bridgehead atoms. The summed E-state index contributed by atoms with van der Waals surface area (Å²) in [6.45, 7) is 8.06. The maximum Gasteiger partial charge on any atom is 0.407 e. The van der Waals surface area contributed by atoms with Gasteiger partial charge in [0.1, 0.15) is 29.8 Å². The largest absolute Gasteiger partial charge is 0.453 e. The van der Waals surface area contributed by atoms with E-state index in [0.717, 1.165) is 45.1 Å². The van der Waals surface area contributed by atoms with Gasteiger partial charge in [-0.25, -0.2) is 19.6 Å². The van der Waals surface area contributed by atoms with Crippen molar-refractivity contribution in [1.82, 2.24) is 49.0 Å². The number of aromatic amines is 2. The van der Waals surface area contributed by atoms with Gasteiger partial charge in [-0.1, -0.05) is 63.8 Å². The van der Waals surface area contributed by atoms with Crippen molar-refractivity contribution in [3.63, 3.8) is 0 Å². The highest BCUT2D eigenvalue weighted by atomic mass is 32.2. The van der Waals surface area contributed by atoms with Crippen molar-refractivity contribution >= 4 is 34.2 Å². The number of ether oxygens (including phenoxy) is 2. The van der Waals surface area contributed by atoms with Crippen LogP contribution in [0.3, 0.4) is 0 Å². The molecule has 2 aliphatic heterocycles. The van der Waals surface area contributed by atoms with Gasteiger partial charge in [0.05, 0.1) is 44.0 Å². The summed E-state index contributed by atoms with van der Waals surface area (Å²) < 4.78 is 38.3. The van der Waals surface area contributed by atoms with Gasteiger partial charge >= 0.3 is 12.2 Å². The van der Waals surface area contributed by atoms with E-state index in [1.54, 1.807) is 22.2 Å². The summed E-state index contributed by atoms with van der Waals surface area (Å²) in [6.07, 6.45) is 3.60. The Morgan fingerprint density at radius 1 is 0.714 bits per heavy atom. The molecule has 0 aliphatic carbocycles. The van der Waals surface area contributed by atoms with Crippen LogP contribution in [-0.2, 0) is 29.3 Å². The molecule has 0 radical (unpaired) electrons. The predicted octanol–water partition coefficient (Wildman–Crippen LogP) is 4.28. The normalized spacial score (nSPS) is 17.9. The van der Waals surface area contributed by atoms with Crippen LogP contribution in [0.4, 0.5) is 9.59 Å². The first-order valence-electron chi connectivity index (χ1n) is 20.8. The average molecular weight is 885 g/mol. The van der Waals surface area contributed by atoms with E-state index in [-0.39, 0.29) is 49.3 Å². The van der Waals surface area contributed by atoms with Crippen molar-refractivity contribution in [3.05, 3.63) is 83.7 Å². The lowest BCUT2D eigenvalue weighted by molar-refractivity contribution is -0.139. The Morgan fingerprint density at radius 3 is 1.59 bits per heavy atom. The van der Waals surface area contributed by atoms with E-state index in [1.165, 1.54) is 32.6 Å². The van der Waals surface area contributed by atoms with Crippen LogP contribution in [0.1, 0.15) is 75.4 Å². The molecule has 1 unspecified atom stereocenters. The zero-order valence-corrected chi connectivity index (χ0v) is 37.7. The molecule has 2 aliphatic rings. The number of nitrogens with one attached hydrogen (secondary N) is 4. The Labute approximate surface area is 368 Å². The van der Waals surface area contributed by atoms with E-state index in [9.17, 15) is 27.6 Å². The number of H-pyrrole nitrogens is 2. The minimum Gasteiger partial charge on any atom is -0.453 e. The number of alkyl carbamates (subject to hydrolysis) is 2. The molecule has 6 rings (SSSR count). The van der Waals surface area contributed by atoms with Crippen molar-refractivity contribution in [1.29, 1.82) is 0 Å². The molecule has 63 heavy (non-hydrogen) atoms. The van der Waals surface area contributed by atoms with Crippen molar-refractivity contribution in [2.24, 2.45) is 11.8 Å². The van der Waals surface area contributed by atoms with Crippen molar-refractivity contribution in [2.45, 2.75) is 64.7 Å². The molecule has 2 fully saturated rings. The second-order valence-electron chi connectivity index (χ2n) is 16.4. The monoisotopic (exact) mass is 884 g/mol. The maximum atomic E-state index is 14.0. The van der Waals surface area contributed by atoms with E-state index in [1.807, 2.05) is 76.2 Å². The van der Waals surface area contributed by atoms with E-state index in [0.29, 0.717) is 23.9 Å². The number of benzene rings is 2. The third kappa shape index (κ3) is 10.5. The van der Waals surface area contributed by atoms with Crippen LogP contribution < -0.4 is 10.6 Å². The molecular weight excluding hydrogens is 829 g/mol. The lowest BCUT2D eigenvalue weighted by Gasteiger charge is -2.42. The predicted molar refractivity (Wildman–Crippen MR) is 235 cm³/mol. The van der Waals surface area contributed by atoms with Gasteiger partial charge in [0, 0.05) is 51.4 Å². The summed E-state index contributed by atoms with van der Waals surface area (Å²) in [6, 6.07) is 12.7. The summed E-state index contributed by atoms with van der Waals surface area (Å²) in [5.74, 6) is 6.58. The molecule has 4 atom stereocenters. The Hall–Kier alpha value is -6.23. The molecule has 0 spiro atoms. The first kappa shape index (κ1) is 46.3. The summed E-state index contributed by atoms with van der Waals surface area (Å²) in [4.78, 5) is 70.9. The van der Waals surface area contributed by atoms with Crippen LogP contribution in [0, 0.1) is 23.7 Å². The Morgan fingerprint density at radius 2 is 1.16 bits per heavy atom. The fourth-order valence-corrected chi connectivity index (χ4v) is 8.79. The molecule has 2 saturated heterocycles. The molecule has 336 valence electrons. The standard InChI is InChI=1S/C44H56N10O8S/c1-27(2)37(49-43(57)61-7)41(55)53-21-9-10-35(53)39-45-24-33(47-39)31-17-13-29(14-18-31)11-12-30-15-19-32(20-16-30)34-25-46-40(48-34)36-26-52(63(59,60)51(5)6)22-23-54(36)42(56)38(28(3)4)50-44(58)62-8/h13-20,24-25,27-28,35-38H,9-10,21-23,26H2,1-8H3,(H,45,47)(H,46,48)(H,49,57)(H,50,58)/t35-,36-,37?,38-/m0/s1. The van der Waals surface area contributed by atoms with Crippen molar-refractivity contribution < 1.29 is 37.1 Å². The number of nitrogens with zero attached hydrogens (tertiary/aromatic N) is 6. The van der Waals surface area contributed by atoms with Crippen molar-refractivity contribution in [3.8, 4) is 34.4 Å². The number of imidazole rings is 2. The van der Waals surface area contributed by atoms with Crippen LogP contribution in [0.2, 0.25) is 0 Å². The molecule has 4 amide bonds. The average Bonchev–Trinajstić information content (AvgIpc) is 4.08. The van der Waals surface area contributed by atoms with Gasteiger partial charge in [0.25, 0.3) is 10.2 Å². The fraction of sp³-hybridized carbons (Fsp3) is 0.455. The summed E-state index contributed by atoms with van der Waals surface area (Å²) in [7, 11) is 1.62. The highest BCUT2D eigenvalue weighted by molar-refractivity contribution is 7.86. The van der Waals surface area contributed by atoms with E-state index >= 15 is 0 Å². The minimum atomic E-state index is -3.80. The second kappa shape index (κ2) is 19.9. The highest BCUT2D eigenvalue weighted by Crippen LogP contribution is 2.33. The zero-order chi connectivity index (χ0) is 45.6. The van der Waals surface area contributed by atoms with Gasteiger partial charge in [-0.15, -0.1) is 0 Å². The number of likely N-dealkylation sites (tertiary alicyclic amines) is 1. The van der Waals surface area contributed by atoms with E-state index in [4.69, 9.17) is 9.47 Å². The molecule has 4 N–H and O–H groups in total. The van der Waals surface area contributed by atoms with Gasteiger partial charge < -0.3 is 39.9 Å². The smallest absolute Gasteiger partial charge is 0.407 e. The quantitative estimate of drug-likeness (QED) is 0.148. The van der Waals surface area contributed by atoms with Crippen LogP contribution in [0.5, 0.6) is 0 Å². The number of piperazine rings is 1. The highest BCUT2D eigenvalue weighted by Gasteiger charge is 2.42. The number of hydrogen-bond donors (Lipinski definition) is 4. The van der Waals surface area contributed by atoms with Crippen molar-refractivity contribution in [2.75, 3.05) is 54.5 Å². The number of hydrogen-bond acceptors (Lipinski definition) is 10. The fourth-order valence-electron chi connectivity index (χ4n) is 7.68. The van der Waals surface area contributed by atoms with Gasteiger partial charge in [-0.3, -0.25) is 9.59 Å². The Bertz CT molecular complexity index is 2440. The summed E-state index contributed by atoms with van der Waals surface area (Å²) >= 11 is 0. The zero-order valence-electron chi connectivity index (χ0n) is 36.8. The minimum absolute atomic E-state index is 0.0417. The van der Waals surface area contributed by atoms with Crippen LogP contribution >= 0.6 is 0 Å². The molecule has 19 heteroatoms. The Balaban J connectivity index is 1.13. The number of aromatic nitrogens is 4. The lowest BCUT2D eigenvalue weighted by atomic mass is 10.0. The molecule has 4 aromatic rings. The maximum absolute atomic E-state index is 14.0. The number of carbonyl (C=O) groups excluding carboxylic acids is 4. The van der Waals surface area contributed by atoms with Gasteiger partial charge in [-0.2, -0.15) is 17.0 Å². The van der Waals surface area contributed by atoms with Crippen LogP contribution in [0.25, 0.3) is 22.5 Å². The van der Waals surface area contributed by atoms with Gasteiger partial charge in [-0.05, 0) is 60.1 Å². The molecule has 2 aromatic heterocycles. The molecular formula is C44H56N10O8S. The first-order valence-corrected chi connectivity index (χ1v) is 22.2. The van der Waals surface area contributed by atoms with E-state index in [2.05, 4.69) is 42.4 Å². The Kier molecular flexibility index (Phi) is 14.6. The lowest BCUT2D eigenvalue weighted by Crippen LogP contribution is -2.59. The second-order valence-corrected chi connectivity index (χ2v) is 18.5. The van der Waals surface area contributed by atoms with Gasteiger partial charge in [0.15, 0.2) is 0 Å². The number of methoxy groups -OCH3 is 2. The summed E-state index contributed by atoms with van der Waals surface area (Å²) in [5, 5.41) is 5.30. The van der Waals surface area contributed by atoms with Crippen LogP contribution in [0.15, 0.2) is 60.9 Å². The van der Waals surface area contributed by atoms with Crippen LogP contribution in [-0.4, -0.2) is 137 Å². The molecule has 4 heterocycles. The van der Waals surface area contributed by atoms with E-state index < -0.39 is 40.5 Å².